The van der Waals surface area contributed by atoms with E-state index in [1.54, 1.807) is 12.8 Å². The minimum Gasteiger partial charge on any atom is -0.469 e. The summed E-state index contributed by atoms with van der Waals surface area (Å²) in [6, 6.07) is 0. The van der Waals surface area contributed by atoms with Crippen molar-refractivity contribution in [3.8, 4) is 0 Å². The summed E-state index contributed by atoms with van der Waals surface area (Å²) in [7, 11) is 2.35. The molecule has 4 fully saturated rings. The van der Waals surface area contributed by atoms with Crippen molar-refractivity contribution in [2.45, 2.75) is 77.2 Å². The lowest BCUT2D eigenvalue weighted by molar-refractivity contribution is -0.137. The van der Waals surface area contributed by atoms with Gasteiger partial charge in [0, 0.05) is 14.0 Å². The lowest BCUT2D eigenvalue weighted by Gasteiger charge is -2.52. The predicted molar refractivity (Wildman–Crippen MR) is 98.9 cm³/mol. The molecule has 0 amide bonds. The van der Waals surface area contributed by atoms with Gasteiger partial charge in [-0.3, -0.25) is 4.79 Å². The Morgan fingerprint density at radius 2 is 1.32 bits per heavy atom. The first-order valence-corrected chi connectivity index (χ1v) is 10.3. The van der Waals surface area contributed by atoms with Crippen molar-refractivity contribution < 1.29 is 19.7 Å². The van der Waals surface area contributed by atoms with Crippen LogP contribution in [0.1, 0.15) is 71.1 Å². The van der Waals surface area contributed by atoms with Crippen molar-refractivity contribution in [1.29, 1.82) is 0 Å². The fraction of sp³-hybridized carbons (Fsp3) is 0.952. The largest absolute Gasteiger partial charge is 0.469 e. The number of aliphatic hydroxyl groups is 2. The van der Waals surface area contributed by atoms with E-state index >= 15 is 0 Å². The van der Waals surface area contributed by atoms with E-state index in [2.05, 4.69) is 4.74 Å². The predicted octanol–water partition coefficient (Wildman–Crippen LogP) is 3.79. The molecule has 7 unspecified atom stereocenters. The highest BCUT2D eigenvalue weighted by Gasteiger charge is 2.49. The Hall–Kier alpha value is -0.610. The van der Waals surface area contributed by atoms with Crippen molar-refractivity contribution in [1.82, 2.24) is 0 Å². The molecule has 4 aliphatic carbocycles. The number of esters is 1. The maximum absolute atomic E-state index is 9.89. The summed E-state index contributed by atoms with van der Waals surface area (Å²) in [5.41, 5.74) is 0. The van der Waals surface area contributed by atoms with Gasteiger partial charge in [0.2, 0.25) is 0 Å². The molecule has 0 aromatic rings. The number of methoxy groups -OCH3 is 1. The summed E-state index contributed by atoms with van der Waals surface area (Å²) < 4.78 is 4.11. The summed E-state index contributed by atoms with van der Waals surface area (Å²) in [6.07, 6.45) is 14.2. The number of hydrogen-bond donors (Lipinski definition) is 2. The third kappa shape index (κ3) is 4.97. The molecule has 0 bridgehead atoms. The van der Waals surface area contributed by atoms with Crippen LogP contribution in [-0.2, 0) is 9.53 Å². The molecule has 25 heavy (non-hydrogen) atoms. The van der Waals surface area contributed by atoms with Crippen molar-refractivity contribution in [2.75, 3.05) is 14.2 Å². The molecule has 4 nitrogen and oxygen atoms in total. The fourth-order valence-electron chi connectivity index (χ4n) is 6.45. The van der Waals surface area contributed by atoms with E-state index in [9.17, 15) is 9.90 Å². The molecule has 4 aliphatic rings. The third-order valence-electron chi connectivity index (χ3n) is 7.41. The average molecular weight is 355 g/mol. The van der Waals surface area contributed by atoms with E-state index in [0.29, 0.717) is 0 Å². The monoisotopic (exact) mass is 354 g/mol. The van der Waals surface area contributed by atoms with Crippen LogP contribution in [0.25, 0.3) is 0 Å². The number of carbonyl (C=O) groups is 1. The second kappa shape index (κ2) is 9.91. The van der Waals surface area contributed by atoms with E-state index in [1.807, 2.05) is 0 Å². The average Bonchev–Trinajstić information content (AvgIpc) is 3.12. The van der Waals surface area contributed by atoms with Gasteiger partial charge in [0.05, 0.1) is 13.2 Å². The van der Waals surface area contributed by atoms with Gasteiger partial charge in [-0.05, 0) is 86.9 Å². The smallest absolute Gasteiger partial charge is 0.302 e. The lowest BCUT2D eigenvalue weighted by atomic mass is 9.53. The Labute approximate surface area is 153 Å². The number of aliphatic hydroxyl groups excluding tert-OH is 2. The SMILES string of the molecule is CO.COC(C)=O.OC1CCC2C(CCC3C4CCCC4CCC23)C1. The molecule has 0 radical (unpaired) electrons. The summed E-state index contributed by atoms with van der Waals surface area (Å²) in [6.45, 7) is 1.36. The molecule has 2 N–H and O–H groups in total. The van der Waals surface area contributed by atoms with Crippen molar-refractivity contribution in [3.05, 3.63) is 0 Å². The normalized spacial score (nSPS) is 41.6. The minimum atomic E-state index is -0.245. The van der Waals surface area contributed by atoms with Crippen LogP contribution < -0.4 is 0 Å². The van der Waals surface area contributed by atoms with Crippen LogP contribution in [0.5, 0.6) is 0 Å². The molecule has 0 spiro atoms. The van der Waals surface area contributed by atoms with Crippen LogP contribution in [-0.4, -0.2) is 36.5 Å². The zero-order chi connectivity index (χ0) is 18.4. The Morgan fingerprint density at radius 3 is 1.92 bits per heavy atom. The first-order valence-electron chi connectivity index (χ1n) is 10.3. The first-order chi connectivity index (χ1) is 12.1. The van der Waals surface area contributed by atoms with Crippen LogP contribution in [0.15, 0.2) is 0 Å². The molecule has 0 heterocycles. The molecule has 0 aromatic carbocycles. The van der Waals surface area contributed by atoms with Gasteiger partial charge in [0.15, 0.2) is 0 Å². The van der Waals surface area contributed by atoms with E-state index in [4.69, 9.17) is 5.11 Å². The maximum Gasteiger partial charge on any atom is 0.302 e. The molecule has 0 aromatic heterocycles. The number of hydrogen-bond acceptors (Lipinski definition) is 4. The van der Waals surface area contributed by atoms with E-state index in [1.165, 1.54) is 52.6 Å². The van der Waals surface area contributed by atoms with Crippen molar-refractivity contribution >= 4 is 5.97 Å². The summed E-state index contributed by atoms with van der Waals surface area (Å²) >= 11 is 0. The highest BCUT2D eigenvalue weighted by molar-refractivity contribution is 5.65. The molecule has 0 saturated heterocycles. The van der Waals surface area contributed by atoms with Crippen LogP contribution >= 0.6 is 0 Å². The number of rotatable bonds is 0. The Morgan fingerprint density at radius 1 is 0.800 bits per heavy atom. The van der Waals surface area contributed by atoms with Crippen molar-refractivity contribution in [2.24, 2.45) is 35.5 Å². The molecular formula is C21H38O4. The molecule has 146 valence electrons. The fourth-order valence-corrected chi connectivity index (χ4v) is 6.45. The Kier molecular flexibility index (Phi) is 8.21. The maximum atomic E-state index is 9.89. The van der Waals surface area contributed by atoms with Gasteiger partial charge in [-0.25, -0.2) is 0 Å². The van der Waals surface area contributed by atoms with E-state index < -0.39 is 0 Å². The number of ether oxygens (including phenoxy) is 1. The number of carbonyl (C=O) groups excluding carboxylic acids is 1. The standard InChI is InChI=1S/C17H28O.C3H6O2.CH4O/c18-13-6-9-15-12(10-13)5-8-16-14-3-1-2-11(14)4-7-17(15)16;1-3(4)5-2;1-2/h11-18H,1-10H2;1-2H3;2H,1H3. The third-order valence-corrected chi connectivity index (χ3v) is 7.41. The van der Waals surface area contributed by atoms with Gasteiger partial charge in [-0.1, -0.05) is 12.8 Å². The van der Waals surface area contributed by atoms with Crippen LogP contribution in [0, 0.1) is 35.5 Å². The van der Waals surface area contributed by atoms with E-state index in [-0.39, 0.29) is 12.1 Å². The first kappa shape index (κ1) is 20.7. The van der Waals surface area contributed by atoms with Crippen molar-refractivity contribution in [3.63, 3.8) is 0 Å². The molecule has 0 aliphatic heterocycles. The van der Waals surface area contributed by atoms with E-state index in [0.717, 1.165) is 55.5 Å². The highest BCUT2D eigenvalue weighted by atomic mass is 16.5. The van der Waals surface area contributed by atoms with Crippen LogP contribution in [0.2, 0.25) is 0 Å². The summed E-state index contributed by atoms with van der Waals surface area (Å²) in [5.74, 6) is 5.98. The summed E-state index contributed by atoms with van der Waals surface area (Å²) in [5, 5.41) is 16.9. The highest BCUT2D eigenvalue weighted by Crippen LogP contribution is 2.57. The molecule has 4 rings (SSSR count). The Bertz CT molecular complexity index is 411. The molecule has 7 atom stereocenters. The second-order valence-electron chi connectivity index (χ2n) is 8.42. The Balaban J connectivity index is 0.000000281. The van der Waals surface area contributed by atoms with Gasteiger partial charge in [0.25, 0.3) is 0 Å². The van der Waals surface area contributed by atoms with Gasteiger partial charge in [-0.2, -0.15) is 0 Å². The lowest BCUT2D eigenvalue weighted by Crippen LogP contribution is -2.45. The summed E-state index contributed by atoms with van der Waals surface area (Å²) in [4.78, 5) is 9.59. The second-order valence-corrected chi connectivity index (χ2v) is 8.42. The van der Waals surface area contributed by atoms with Gasteiger partial charge >= 0.3 is 5.97 Å². The van der Waals surface area contributed by atoms with Crippen LogP contribution in [0.4, 0.5) is 0 Å². The topological polar surface area (TPSA) is 66.8 Å². The molecule has 4 heteroatoms. The van der Waals surface area contributed by atoms with Gasteiger partial charge < -0.3 is 14.9 Å². The molecule has 4 saturated carbocycles. The zero-order valence-corrected chi connectivity index (χ0v) is 16.3. The van der Waals surface area contributed by atoms with Gasteiger partial charge in [0.1, 0.15) is 0 Å². The number of fused-ring (bicyclic) bond motifs is 5. The zero-order valence-electron chi connectivity index (χ0n) is 16.3. The molecular weight excluding hydrogens is 316 g/mol. The quantitative estimate of drug-likeness (QED) is 0.650. The minimum absolute atomic E-state index is 0.0330. The van der Waals surface area contributed by atoms with Crippen LogP contribution in [0.3, 0.4) is 0 Å². The van der Waals surface area contributed by atoms with Gasteiger partial charge in [-0.15, -0.1) is 0 Å².